The van der Waals surface area contributed by atoms with Gasteiger partial charge in [-0.15, -0.1) is 0 Å². The first kappa shape index (κ1) is 11.1. The third kappa shape index (κ3) is 1.81. The number of ether oxygens (including phenoxy) is 1. The second-order valence-corrected chi connectivity index (χ2v) is 9.64. The maximum absolute atomic E-state index is 11.5. The van der Waals surface area contributed by atoms with Crippen LogP contribution >= 0.6 is 0 Å². The molecule has 3 rings (SSSR count). The van der Waals surface area contributed by atoms with Crippen LogP contribution in [0.25, 0.3) is 0 Å². The Morgan fingerprint density at radius 1 is 1.44 bits per heavy atom. The molecule has 0 spiro atoms. The van der Waals surface area contributed by atoms with Gasteiger partial charge in [-0.25, -0.2) is 0 Å². The van der Waals surface area contributed by atoms with Crippen molar-refractivity contribution < 1.29 is 51.9 Å². The van der Waals surface area contributed by atoms with Crippen molar-refractivity contribution in [3.8, 4) is 0 Å². The molecule has 5 heteroatoms. The molecular formula is C11H11I2NO2-2. The van der Waals surface area contributed by atoms with Crippen LogP contribution in [0.15, 0.2) is 24.3 Å². The van der Waals surface area contributed by atoms with Gasteiger partial charge in [0.15, 0.2) is 0 Å². The summed E-state index contributed by atoms with van der Waals surface area (Å²) < 4.78 is 8.71. The topological polar surface area (TPSA) is 29.5 Å². The van der Waals surface area contributed by atoms with Crippen molar-refractivity contribution in [2.45, 2.75) is 12.6 Å². The van der Waals surface area contributed by atoms with Gasteiger partial charge < -0.3 is 0 Å². The number of hydrogen-bond donors (Lipinski definition) is 0. The van der Waals surface area contributed by atoms with E-state index in [4.69, 9.17) is 4.74 Å². The molecule has 0 aromatic heterocycles. The van der Waals surface area contributed by atoms with Gasteiger partial charge in [0.05, 0.1) is 0 Å². The van der Waals surface area contributed by atoms with Crippen LogP contribution in [0.4, 0.5) is 4.79 Å². The Kier molecular flexibility index (Phi) is 2.99. The van der Waals surface area contributed by atoms with Gasteiger partial charge in [0.2, 0.25) is 0 Å². The average molecular weight is 443 g/mol. The monoisotopic (exact) mass is 443 g/mol. The van der Waals surface area contributed by atoms with Crippen molar-refractivity contribution in [2.75, 3.05) is 7.05 Å². The summed E-state index contributed by atoms with van der Waals surface area (Å²) in [6.45, 7) is 0. The van der Waals surface area contributed by atoms with Gasteiger partial charge in [-0.3, -0.25) is 0 Å². The number of rotatable bonds is 0. The van der Waals surface area contributed by atoms with E-state index < -0.39 is 0 Å². The summed E-state index contributed by atoms with van der Waals surface area (Å²) in [4.78, 5) is 13.3. The molecule has 1 amide bonds. The molecule has 2 heterocycles. The Bertz CT molecular complexity index is 438. The molecule has 1 aromatic carbocycles. The Morgan fingerprint density at radius 2 is 2.25 bits per heavy atom. The van der Waals surface area contributed by atoms with E-state index in [2.05, 4.69) is 24.3 Å². The van der Waals surface area contributed by atoms with Gasteiger partial charge in [-0.1, -0.05) is 0 Å². The number of hydrogen-bond acceptors (Lipinski definition) is 2. The van der Waals surface area contributed by atoms with E-state index in [0.29, 0.717) is 4.05 Å². The molecule has 2 atom stereocenters. The van der Waals surface area contributed by atoms with E-state index in [1.54, 1.807) is 0 Å². The predicted octanol–water partition coefficient (Wildman–Crippen LogP) is -4.72. The molecule has 0 radical (unpaired) electrons. The van der Waals surface area contributed by atoms with Gasteiger partial charge in [0, 0.05) is 0 Å². The number of carbonyl (C=O) groups is 1. The fourth-order valence-corrected chi connectivity index (χ4v) is 10.5. The number of benzene rings is 1. The average Bonchev–Trinajstić information content (AvgIpc) is 2.50. The summed E-state index contributed by atoms with van der Waals surface area (Å²) in [5, 5.41) is 0. The van der Waals surface area contributed by atoms with E-state index in [9.17, 15) is 4.79 Å². The molecule has 1 aromatic rings. The summed E-state index contributed by atoms with van der Waals surface area (Å²) in [5.41, 5.74) is 1.50. The van der Waals surface area contributed by atoms with Crippen LogP contribution in [0.1, 0.15) is 5.56 Å². The third-order valence-corrected chi connectivity index (χ3v) is 10.9. The van der Waals surface area contributed by atoms with Crippen LogP contribution < -0.4 is 42.4 Å². The van der Waals surface area contributed by atoms with Crippen molar-refractivity contribution >= 4 is 6.09 Å². The van der Waals surface area contributed by atoms with Crippen molar-refractivity contribution in [1.82, 2.24) is 4.90 Å². The SMILES string of the molecule is CN1C(=O)O[C@@H]2[I-]Cc3ccccc3[I-][C@@H]21. The second kappa shape index (κ2) is 4.32. The first-order valence-corrected chi connectivity index (χ1v) is 10.1. The van der Waals surface area contributed by atoms with Gasteiger partial charge in [0.1, 0.15) is 0 Å². The summed E-state index contributed by atoms with van der Waals surface area (Å²) in [5.74, 6) is 0. The number of likely N-dealkylation sites (N-methyl/N-ethyl adjacent to an activating group) is 1. The summed E-state index contributed by atoms with van der Waals surface area (Å²) in [7, 11) is 1.88. The maximum atomic E-state index is 11.5. The summed E-state index contributed by atoms with van der Waals surface area (Å²) >= 11 is -0.193. The van der Waals surface area contributed by atoms with E-state index in [0.717, 1.165) is 4.43 Å². The molecule has 1 fully saturated rings. The van der Waals surface area contributed by atoms with Crippen LogP contribution in [0.2, 0.25) is 0 Å². The standard InChI is InChI=1S/C11H11I2NO2/c1-14-9-10(16-11(14)15)12-6-7-4-2-3-5-8(7)13-9/h2-5,9-10H,6H2,1H3/q-2/t9-,10+/m1/s1. The van der Waals surface area contributed by atoms with E-state index in [-0.39, 0.29) is 52.6 Å². The number of alkyl halides is 3. The number of nitrogens with zero attached hydrogens (tertiary/aromatic N) is 1. The molecule has 88 valence electrons. The fraction of sp³-hybridized carbons (Fsp3) is 0.364. The first-order valence-electron chi connectivity index (χ1n) is 4.98. The molecule has 0 N–H and O–H groups in total. The van der Waals surface area contributed by atoms with E-state index in [1.807, 2.05) is 11.9 Å². The Balaban J connectivity index is 1.94. The van der Waals surface area contributed by atoms with Crippen LogP contribution in [0, 0.1) is 3.57 Å². The van der Waals surface area contributed by atoms with Crippen LogP contribution in [0.3, 0.4) is 0 Å². The zero-order chi connectivity index (χ0) is 11.1. The normalized spacial score (nSPS) is 29.1. The number of halogens is 2. The molecular weight excluding hydrogens is 432 g/mol. The van der Waals surface area contributed by atoms with Gasteiger partial charge in [-0.2, -0.15) is 0 Å². The van der Waals surface area contributed by atoms with Gasteiger partial charge >= 0.3 is 116 Å². The van der Waals surface area contributed by atoms with Crippen LogP contribution in [-0.2, 0) is 9.16 Å². The minimum absolute atomic E-state index is 0.0571. The van der Waals surface area contributed by atoms with E-state index in [1.165, 1.54) is 9.13 Å². The Hall–Kier alpha value is -0.0500. The van der Waals surface area contributed by atoms with E-state index >= 15 is 0 Å². The number of carbonyl (C=O) groups excluding carboxylic acids is 1. The zero-order valence-corrected chi connectivity index (χ0v) is 13.0. The molecule has 0 aliphatic carbocycles. The van der Waals surface area contributed by atoms with Crippen molar-refractivity contribution in [2.24, 2.45) is 0 Å². The zero-order valence-electron chi connectivity index (χ0n) is 8.69. The molecule has 1 saturated heterocycles. The molecule has 0 saturated carbocycles. The van der Waals surface area contributed by atoms with Gasteiger partial charge in [-0.05, 0) is 0 Å². The van der Waals surface area contributed by atoms with Crippen LogP contribution in [-0.4, -0.2) is 26.2 Å². The number of fused-ring (bicyclic) bond motifs is 2. The third-order valence-electron chi connectivity index (χ3n) is 2.65. The van der Waals surface area contributed by atoms with Crippen molar-refractivity contribution in [1.29, 1.82) is 0 Å². The second-order valence-electron chi connectivity index (χ2n) is 3.71. The fourth-order valence-electron chi connectivity index (χ4n) is 1.73. The summed E-state index contributed by atoms with van der Waals surface area (Å²) in [6, 6.07) is 8.68. The summed E-state index contributed by atoms with van der Waals surface area (Å²) in [6.07, 6.45) is -0.117. The molecule has 2 aliphatic heterocycles. The Labute approximate surface area is 115 Å². The van der Waals surface area contributed by atoms with Gasteiger partial charge in [0.25, 0.3) is 0 Å². The molecule has 0 bridgehead atoms. The van der Waals surface area contributed by atoms with Crippen molar-refractivity contribution in [3.05, 3.63) is 33.4 Å². The predicted molar refractivity (Wildman–Crippen MR) is 50.7 cm³/mol. The molecule has 3 nitrogen and oxygen atoms in total. The quantitative estimate of drug-likeness (QED) is 0.229. The first-order chi connectivity index (χ1) is 7.75. The minimum atomic E-state index is -0.136. The molecule has 16 heavy (non-hydrogen) atoms. The molecule has 2 aliphatic rings. The number of amides is 1. The Morgan fingerprint density at radius 3 is 3.12 bits per heavy atom. The van der Waals surface area contributed by atoms with Crippen LogP contribution in [0.5, 0.6) is 0 Å². The molecule has 0 unspecified atom stereocenters. The van der Waals surface area contributed by atoms with Crippen molar-refractivity contribution in [3.63, 3.8) is 0 Å².